The molecule has 2 unspecified atom stereocenters. The first-order valence-electron chi connectivity index (χ1n) is 6.91. The maximum absolute atomic E-state index is 10.0. The molecule has 3 N–H and O–H groups in total. The molecule has 5 nitrogen and oxygen atoms in total. The number of hydrogen-bond donors (Lipinski definition) is 3. The molecule has 6 heteroatoms. The zero-order valence-corrected chi connectivity index (χ0v) is 14.1. The summed E-state index contributed by atoms with van der Waals surface area (Å²) in [5, 5.41) is 22.9. The highest BCUT2D eigenvalue weighted by Crippen LogP contribution is 2.16. The molecule has 0 aromatic heterocycles. The van der Waals surface area contributed by atoms with Crippen LogP contribution in [0.2, 0.25) is 0 Å². The fourth-order valence-corrected chi connectivity index (χ4v) is 1.96. The summed E-state index contributed by atoms with van der Waals surface area (Å²) < 4.78 is 11.4. The molecule has 0 bridgehead atoms. The molecule has 0 saturated carbocycles. The molecule has 21 heavy (non-hydrogen) atoms. The van der Waals surface area contributed by atoms with Crippen molar-refractivity contribution in [1.29, 1.82) is 0 Å². The molecule has 0 saturated heterocycles. The highest BCUT2D eigenvalue weighted by molar-refractivity contribution is 9.10. The van der Waals surface area contributed by atoms with Gasteiger partial charge in [0.25, 0.3) is 0 Å². The van der Waals surface area contributed by atoms with E-state index in [0.717, 1.165) is 4.47 Å². The summed E-state index contributed by atoms with van der Waals surface area (Å²) in [6.07, 6.45) is -0.0889. The van der Waals surface area contributed by atoms with Crippen LogP contribution < -0.4 is 10.1 Å². The maximum atomic E-state index is 10.0. The summed E-state index contributed by atoms with van der Waals surface area (Å²) in [7, 11) is 1.60. The van der Waals surface area contributed by atoms with Crippen LogP contribution in [0.25, 0.3) is 0 Å². The monoisotopic (exact) mass is 361 g/mol. The smallest absolute Gasteiger partial charge is 0.119 e. The van der Waals surface area contributed by atoms with Crippen LogP contribution in [-0.2, 0) is 4.74 Å². The molecular weight excluding hydrogens is 338 g/mol. The quantitative estimate of drug-likeness (QED) is 0.589. The lowest BCUT2D eigenvalue weighted by Gasteiger charge is -2.24. The molecule has 0 fully saturated rings. The summed E-state index contributed by atoms with van der Waals surface area (Å²) in [4.78, 5) is 0. The number of halogens is 1. The summed E-state index contributed by atoms with van der Waals surface area (Å²) in [6.45, 7) is 3.20. The Bertz CT molecular complexity index is 397. The summed E-state index contributed by atoms with van der Waals surface area (Å²) in [5.74, 6) is 0.712. The van der Waals surface area contributed by atoms with E-state index < -0.39 is 11.7 Å². The third kappa shape index (κ3) is 8.38. The lowest BCUT2D eigenvalue weighted by Crippen LogP contribution is -2.42. The molecule has 1 aromatic carbocycles. The molecule has 120 valence electrons. The van der Waals surface area contributed by atoms with Gasteiger partial charge in [0.15, 0.2) is 0 Å². The second-order valence-electron chi connectivity index (χ2n) is 5.29. The first kappa shape index (κ1) is 18.4. The van der Waals surface area contributed by atoms with Gasteiger partial charge in [0.05, 0.1) is 5.60 Å². The van der Waals surface area contributed by atoms with Gasteiger partial charge in [-0.1, -0.05) is 15.9 Å². The predicted molar refractivity (Wildman–Crippen MR) is 85.6 cm³/mol. The number of ether oxygens (including phenoxy) is 2. The normalized spacial score (nSPS) is 15.5. The Morgan fingerprint density at radius 1 is 1.33 bits per heavy atom. The van der Waals surface area contributed by atoms with Gasteiger partial charge < -0.3 is 25.0 Å². The van der Waals surface area contributed by atoms with Crippen molar-refractivity contribution in [1.82, 2.24) is 5.32 Å². The zero-order chi connectivity index (χ0) is 15.7. The molecule has 0 amide bonds. The van der Waals surface area contributed by atoms with Gasteiger partial charge in [0.2, 0.25) is 0 Å². The molecular formula is C15H24BrNO4. The SMILES string of the molecule is COCCC(C)(O)CNCC(O)COc1ccc(Br)cc1. The second-order valence-corrected chi connectivity index (χ2v) is 6.21. The van der Waals surface area contributed by atoms with Gasteiger partial charge in [-0.3, -0.25) is 0 Å². The number of aliphatic hydroxyl groups excluding tert-OH is 1. The highest BCUT2D eigenvalue weighted by Gasteiger charge is 2.19. The predicted octanol–water partition coefficient (Wildman–Crippen LogP) is 1.57. The molecule has 2 atom stereocenters. The molecule has 0 radical (unpaired) electrons. The van der Waals surface area contributed by atoms with Crippen LogP contribution in [0.5, 0.6) is 5.75 Å². The van der Waals surface area contributed by atoms with Gasteiger partial charge in [-0.15, -0.1) is 0 Å². The zero-order valence-electron chi connectivity index (χ0n) is 12.5. The van der Waals surface area contributed by atoms with Crippen LogP contribution in [0.15, 0.2) is 28.7 Å². The number of hydrogen-bond acceptors (Lipinski definition) is 5. The Balaban J connectivity index is 2.19. The van der Waals surface area contributed by atoms with Gasteiger partial charge in [0, 0.05) is 37.7 Å². The number of rotatable bonds is 10. The molecule has 0 spiro atoms. The van der Waals surface area contributed by atoms with Crippen molar-refractivity contribution < 1.29 is 19.7 Å². The summed E-state index contributed by atoms with van der Waals surface area (Å²) in [5.41, 5.74) is -0.845. The third-order valence-corrected chi connectivity index (χ3v) is 3.52. The van der Waals surface area contributed by atoms with Gasteiger partial charge in [-0.2, -0.15) is 0 Å². The highest BCUT2D eigenvalue weighted by atomic mass is 79.9. The topological polar surface area (TPSA) is 71.0 Å². The fraction of sp³-hybridized carbons (Fsp3) is 0.600. The minimum atomic E-state index is -0.845. The van der Waals surface area contributed by atoms with Gasteiger partial charge in [-0.05, 0) is 31.2 Å². The lowest BCUT2D eigenvalue weighted by atomic mass is 10.0. The average molecular weight is 362 g/mol. The van der Waals surface area contributed by atoms with E-state index in [1.54, 1.807) is 14.0 Å². The van der Waals surface area contributed by atoms with E-state index in [4.69, 9.17) is 9.47 Å². The van der Waals surface area contributed by atoms with Crippen molar-refractivity contribution in [3.8, 4) is 5.75 Å². The Morgan fingerprint density at radius 2 is 2.00 bits per heavy atom. The van der Waals surface area contributed by atoms with Crippen LogP contribution in [0.3, 0.4) is 0 Å². The van der Waals surface area contributed by atoms with E-state index in [1.165, 1.54) is 0 Å². The molecule has 1 rings (SSSR count). The molecule has 0 aliphatic heterocycles. The van der Waals surface area contributed by atoms with Crippen molar-refractivity contribution >= 4 is 15.9 Å². The molecule has 1 aromatic rings. The third-order valence-electron chi connectivity index (χ3n) is 2.99. The molecule has 0 aliphatic rings. The molecule has 0 heterocycles. The van der Waals surface area contributed by atoms with Crippen molar-refractivity contribution in [3.63, 3.8) is 0 Å². The fourth-order valence-electron chi connectivity index (χ4n) is 1.70. The van der Waals surface area contributed by atoms with Crippen molar-refractivity contribution in [2.24, 2.45) is 0 Å². The largest absolute Gasteiger partial charge is 0.491 e. The van der Waals surface area contributed by atoms with Crippen LogP contribution in [0.4, 0.5) is 0 Å². The van der Waals surface area contributed by atoms with Crippen molar-refractivity contribution in [3.05, 3.63) is 28.7 Å². The minimum Gasteiger partial charge on any atom is -0.491 e. The van der Waals surface area contributed by atoms with E-state index in [-0.39, 0.29) is 6.61 Å². The van der Waals surface area contributed by atoms with Gasteiger partial charge in [0.1, 0.15) is 18.5 Å². The van der Waals surface area contributed by atoms with E-state index in [9.17, 15) is 10.2 Å². The van der Waals surface area contributed by atoms with E-state index in [1.807, 2.05) is 24.3 Å². The van der Waals surface area contributed by atoms with Gasteiger partial charge in [-0.25, -0.2) is 0 Å². The molecule has 0 aliphatic carbocycles. The van der Waals surface area contributed by atoms with Gasteiger partial charge >= 0.3 is 0 Å². The van der Waals surface area contributed by atoms with E-state index in [0.29, 0.717) is 31.9 Å². The summed E-state index contributed by atoms with van der Waals surface area (Å²) in [6, 6.07) is 7.43. The Hall–Kier alpha value is -0.660. The minimum absolute atomic E-state index is 0.203. The number of nitrogens with one attached hydrogen (secondary N) is 1. The average Bonchev–Trinajstić information content (AvgIpc) is 2.44. The van der Waals surface area contributed by atoms with Crippen molar-refractivity contribution in [2.45, 2.75) is 25.0 Å². The number of methoxy groups -OCH3 is 1. The van der Waals surface area contributed by atoms with E-state index in [2.05, 4.69) is 21.2 Å². The lowest BCUT2D eigenvalue weighted by molar-refractivity contribution is 0.0208. The number of aliphatic hydroxyl groups is 2. The summed E-state index contributed by atoms with van der Waals surface area (Å²) >= 11 is 3.35. The first-order valence-corrected chi connectivity index (χ1v) is 7.71. The van der Waals surface area contributed by atoms with Crippen LogP contribution in [-0.4, -0.2) is 55.3 Å². The van der Waals surface area contributed by atoms with Crippen LogP contribution in [0, 0.1) is 0 Å². The maximum Gasteiger partial charge on any atom is 0.119 e. The Morgan fingerprint density at radius 3 is 2.62 bits per heavy atom. The Labute approximate surface area is 134 Å². The standard InChI is InChI=1S/C15H24BrNO4/c1-15(19,7-8-20-2)11-17-9-13(18)10-21-14-5-3-12(16)4-6-14/h3-6,13,17-19H,7-11H2,1-2H3. The van der Waals surface area contributed by atoms with Crippen LogP contribution >= 0.6 is 15.9 Å². The second kappa shape index (κ2) is 9.38. The first-order chi connectivity index (χ1) is 9.93. The van der Waals surface area contributed by atoms with E-state index >= 15 is 0 Å². The van der Waals surface area contributed by atoms with Crippen LogP contribution in [0.1, 0.15) is 13.3 Å². The number of benzene rings is 1. The van der Waals surface area contributed by atoms with Crippen molar-refractivity contribution in [2.75, 3.05) is 33.4 Å². The Kier molecular flexibility index (Phi) is 8.21.